The van der Waals surface area contributed by atoms with Crippen LogP contribution in [0.5, 0.6) is 0 Å². The second-order valence-corrected chi connectivity index (χ2v) is 4.88. The third kappa shape index (κ3) is 3.07. The number of carbonyl (C=O) groups is 1. The number of nitrogens with one attached hydrogen (secondary N) is 1. The number of amides is 1. The molecule has 0 aliphatic carbocycles. The number of nitrogens with two attached hydrogens (primary N) is 1. The fourth-order valence-corrected chi connectivity index (χ4v) is 2.01. The Balaban J connectivity index is 2.11. The molecule has 0 aliphatic rings. The van der Waals surface area contributed by atoms with E-state index in [2.05, 4.69) is 10.3 Å². The quantitative estimate of drug-likeness (QED) is 0.879. The standard InChI is InChI=1S/C14H19FN4O/c1-3-9(2)17-13(20)6-7-19-12-8-10(15)4-5-11(12)18-14(19)16/h4-5,8-9H,3,6-7H2,1-2H3,(H2,16,18)(H,17,20). The first-order chi connectivity index (χ1) is 9.51. The highest BCUT2D eigenvalue weighted by molar-refractivity contribution is 5.79. The highest BCUT2D eigenvalue weighted by atomic mass is 19.1. The van der Waals surface area contributed by atoms with Gasteiger partial charge < -0.3 is 15.6 Å². The molecule has 2 aromatic rings. The highest BCUT2D eigenvalue weighted by Gasteiger charge is 2.11. The van der Waals surface area contributed by atoms with Crippen LogP contribution in [0.4, 0.5) is 10.3 Å². The number of fused-ring (bicyclic) bond motifs is 1. The van der Waals surface area contributed by atoms with Crippen LogP contribution in [0.15, 0.2) is 18.2 Å². The molecule has 108 valence electrons. The Hall–Kier alpha value is -2.11. The van der Waals surface area contributed by atoms with E-state index in [4.69, 9.17) is 5.73 Å². The van der Waals surface area contributed by atoms with Gasteiger partial charge in [-0.05, 0) is 31.5 Å². The Bertz CT molecular complexity index is 623. The molecule has 0 spiro atoms. The van der Waals surface area contributed by atoms with Crippen molar-refractivity contribution in [3.05, 3.63) is 24.0 Å². The number of imidazole rings is 1. The van der Waals surface area contributed by atoms with Crippen molar-refractivity contribution in [1.82, 2.24) is 14.9 Å². The van der Waals surface area contributed by atoms with Crippen LogP contribution in [0.1, 0.15) is 26.7 Å². The largest absolute Gasteiger partial charge is 0.369 e. The van der Waals surface area contributed by atoms with Crippen molar-refractivity contribution >= 4 is 22.9 Å². The van der Waals surface area contributed by atoms with Gasteiger partial charge in [-0.3, -0.25) is 4.79 Å². The van der Waals surface area contributed by atoms with E-state index in [-0.39, 0.29) is 24.2 Å². The molecule has 1 heterocycles. The molecule has 3 N–H and O–H groups in total. The first-order valence-corrected chi connectivity index (χ1v) is 6.72. The molecule has 1 amide bonds. The molecule has 0 saturated heterocycles. The van der Waals surface area contributed by atoms with Gasteiger partial charge in [-0.2, -0.15) is 0 Å². The Morgan fingerprint density at radius 2 is 2.30 bits per heavy atom. The number of carbonyl (C=O) groups excluding carboxylic acids is 1. The minimum atomic E-state index is -0.345. The summed E-state index contributed by atoms with van der Waals surface area (Å²) in [4.78, 5) is 15.9. The Morgan fingerprint density at radius 3 is 3.00 bits per heavy atom. The van der Waals surface area contributed by atoms with Gasteiger partial charge >= 0.3 is 0 Å². The number of hydrogen-bond acceptors (Lipinski definition) is 3. The van der Waals surface area contributed by atoms with E-state index in [0.717, 1.165) is 6.42 Å². The summed E-state index contributed by atoms with van der Waals surface area (Å²) in [5.74, 6) is -0.0957. The zero-order valence-corrected chi connectivity index (χ0v) is 11.7. The minimum absolute atomic E-state index is 0.0444. The number of hydrogen-bond donors (Lipinski definition) is 2. The molecule has 0 bridgehead atoms. The van der Waals surface area contributed by atoms with Crippen LogP contribution in [-0.2, 0) is 11.3 Å². The topological polar surface area (TPSA) is 72.9 Å². The van der Waals surface area contributed by atoms with Gasteiger partial charge in [-0.15, -0.1) is 0 Å². The highest BCUT2D eigenvalue weighted by Crippen LogP contribution is 2.19. The summed E-state index contributed by atoms with van der Waals surface area (Å²) in [6.45, 7) is 4.34. The molecule has 6 heteroatoms. The predicted molar refractivity (Wildman–Crippen MR) is 76.6 cm³/mol. The van der Waals surface area contributed by atoms with Crippen molar-refractivity contribution in [3.63, 3.8) is 0 Å². The lowest BCUT2D eigenvalue weighted by Gasteiger charge is -2.12. The van der Waals surface area contributed by atoms with Crippen LogP contribution >= 0.6 is 0 Å². The van der Waals surface area contributed by atoms with E-state index in [0.29, 0.717) is 23.5 Å². The zero-order valence-electron chi connectivity index (χ0n) is 11.7. The smallest absolute Gasteiger partial charge is 0.222 e. The maximum absolute atomic E-state index is 13.3. The van der Waals surface area contributed by atoms with Crippen LogP contribution in [-0.4, -0.2) is 21.5 Å². The van der Waals surface area contributed by atoms with Crippen molar-refractivity contribution in [2.75, 3.05) is 5.73 Å². The van der Waals surface area contributed by atoms with Crippen LogP contribution in [0.25, 0.3) is 11.0 Å². The number of benzene rings is 1. The van der Waals surface area contributed by atoms with Crippen molar-refractivity contribution < 1.29 is 9.18 Å². The molecule has 1 unspecified atom stereocenters. The number of aromatic nitrogens is 2. The van der Waals surface area contributed by atoms with Crippen molar-refractivity contribution in [2.45, 2.75) is 39.3 Å². The van der Waals surface area contributed by atoms with Gasteiger partial charge in [-0.25, -0.2) is 9.37 Å². The molecule has 1 aromatic carbocycles. The van der Waals surface area contributed by atoms with Gasteiger partial charge in [0.2, 0.25) is 11.9 Å². The monoisotopic (exact) mass is 278 g/mol. The van der Waals surface area contributed by atoms with Crippen molar-refractivity contribution in [3.8, 4) is 0 Å². The normalized spacial score (nSPS) is 12.6. The third-order valence-corrected chi connectivity index (χ3v) is 3.32. The van der Waals surface area contributed by atoms with Gasteiger partial charge in [0.25, 0.3) is 0 Å². The molecule has 0 radical (unpaired) electrons. The fourth-order valence-electron chi connectivity index (χ4n) is 2.01. The maximum Gasteiger partial charge on any atom is 0.222 e. The first-order valence-electron chi connectivity index (χ1n) is 6.72. The van der Waals surface area contributed by atoms with E-state index >= 15 is 0 Å². The lowest BCUT2D eigenvalue weighted by molar-refractivity contribution is -0.121. The molecule has 1 aromatic heterocycles. The van der Waals surface area contributed by atoms with Crippen LogP contribution in [0.3, 0.4) is 0 Å². The minimum Gasteiger partial charge on any atom is -0.369 e. The van der Waals surface area contributed by atoms with E-state index < -0.39 is 0 Å². The van der Waals surface area contributed by atoms with Gasteiger partial charge in [0.15, 0.2) is 0 Å². The number of halogens is 1. The molecule has 0 fully saturated rings. The third-order valence-electron chi connectivity index (χ3n) is 3.32. The van der Waals surface area contributed by atoms with Crippen molar-refractivity contribution in [1.29, 1.82) is 0 Å². The lowest BCUT2D eigenvalue weighted by atomic mass is 10.2. The second kappa shape index (κ2) is 5.90. The molecule has 20 heavy (non-hydrogen) atoms. The summed E-state index contributed by atoms with van der Waals surface area (Å²) in [6, 6.07) is 4.45. The number of aryl methyl sites for hydroxylation is 1. The maximum atomic E-state index is 13.3. The predicted octanol–water partition coefficient (Wildman–Crippen LogP) is 2.06. The van der Waals surface area contributed by atoms with Crippen molar-refractivity contribution in [2.24, 2.45) is 0 Å². The fraction of sp³-hybridized carbons (Fsp3) is 0.429. The Kier molecular flexibility index (Phi) is 4.22. The molecule has 5 nitrogen and oxygen atoms in total. The molecule has 0 aliphatic heterocycles. The lowest BCUT2D eigenvalue weighted by Crippen LogP contribution is -2.32. The van der Waals surface area contributed by atoms with Crippen LogP contribution in [0.2, 0.25) is 0 Å². The Morgan fingerprint density at radius 1 is 1.55 bits per heavy atom. The van der Waals surface area contributed by atoms with Gasteiger partial charge in [0.1, 0.15) is 5.82 Å². The van der Waals surface area contributed by atoms with Crippen LogP contribution in [0, 0.1) is 5.82 Å². The average molecular weight is 278 g/mol. The van der Waals surface area contributed by atoms with Crippen LogP contribution < -0.4 is 11.1 Å². The van der Waals surface area contributed by atoms with Gasteiger partial charge in [0, 0.05) is 19.0 Å². The summed E-state index contributed by atoms with van der Waals surface area (Å²) in [5, 5.41) is 2.88. The summed E-state index contributed by atoms with van der Waals surface area (Å²) in [5.41, 5.74) is 7.06. The van der Waals surface area contributed by atoms with E-state index in [1.165, 1.54) is 12.1 Å². The summed E-state index contributed by atoms with van der Waals surface area (Å²) in [7, 11) is 0. The molecule has 0 saturated carbocycles. The SMILES string of the molecule is CCC(C)NC(=O)CCn1c(N)nc2ccc(F)cc21. The number of anilines is 1. The zero-order chi connectivity index (χ0) is 14.7. The molecule has 1 atom stereocenters. The Labute approximate surface area is 117 Å². The summed E-state index contributed by atoms with van der Waals surface area (Å²) < 4.78 is 14.9. The summed E-state index contributed by atoms with van der Waals surface area (Å²) in [6.07, 6.45) is 1.17. The number of rotatable bonds is 5. The van der Waals surface area contributed by atoms with E-state index in [1.807, 2.05) is 13.8 Å². The number of nitrogens with zero attached hydrogens (tertiary/aromatic N) is 2. The molecule has 2 rings (SSSR count). The average Bonchev–Trinajstić information content (AvgIpc) is 2.71. The first kappa shape index (κ1) is 14.3. The number of nitrogen functional groups attached to an aromatic ring is 1. The summed E-state index contributed by atoms with van der Waals surface area (Å²) >= 11 is 0. The molecular formula is C14H19FN4O. The van der Waals surface area contributed by atoms with E-state index in [1.54, 1.807) is 10.6 Å². The molecular weight excluding hydrogens is 259 g/mol. The van der Waals surface area contributed by atoms with Gasteiger partial charge in [-0.1, -0.05) is 6.92 Å². The van der Waals surface area contributed by atoms with E-state index in [9.17, 15) is 9.18 Å². The van der Waals surface area contributed by atoms with Gasteiger partial charge in [0.05, 0.1) is 11.0 Å². The second-order valence-electron chi connectivity index (χ2n) is 4.88.